The van der Waals surface area contributed by atoms with E-state index >= 15 is 0 Å². The lowest BCUT2D eigenvalue weighted by atomic mass is 9.30. The maximum absolute atomic E-state index is 2.54. The van der Waals surface area contributed by atoms with Crippen molar-refractivity contribution in [3.63, 3.8) is 0 Å². The zero-order chi connectivity index (χ0) is 27.7. The van der Waals surface area contributed by atoms with Crippen LogP contribution in [0.4, 0.5) is 0 Å². The van der Waals surface area contributed by atoms with E-state index in [0.717, 1.165) is 0 Å². The molecule has 0 amide bonds. The Balaban J connectivity index is 1.41. The number of rotatable bonds is 1. The van der Waals surface area contributed by atoms with E-state index < -0.39 is 0 Å². The molecule has 6 aromatic carbocycles. The third-order valence-corrected chi connectivity index (χ3v) is 10.1. The molecule has 8 aromatic rings. The van der Waals surface area contributed by atoms with Crippen molar-refractivity contribution in [1.29, 1.82) is 0 Å². The van der Waals surface area contributed by atoms with Gasteiger partial charge in [0.25, 0.3) is 0 Å². The Hall–Kier alpha value is -5.02. The first kappa shape index (κ1) is 22.6. The van der Waals surface area contributed by atoms with Gasteiger partial charge in [-0.15, -0.1) is 0 Å². The lowest BCUT2D eigenvalue weighted by Crippen LogP contribution is -2.63. The molecule has 0 saturated heterocycles. The summed E-state index contributed by atoms with van der Waals surface area (Å²) in [6, 6.07) is 47.4. The lowest BCUT2D eigenvalue weighted by molar-refractivity contribution is 0.652. The Bertz CT molecular complexity index is 2440. The van der Waals surface area contributed by atoms with Crippen LogP contribution in [0.15, 0.2) is 127 Å². The summed E-state index contributed by atoms with van der Waals surface area (Å²) < 4.78 is 4.99. The van der Waals surface area contributed by atoms with E-state index in [1.165, 1.54) is 82.5 Å². The summed E-state index contributed by atoms with van der Waals surface area (Å²) in [5.41, 5.74) is 14.7. The van der Waals surface area contributed by atoms with Crippen LogP contribution in [0.2, 0.25) is 0 Å². The van der Waals surface area contributed by atoms with E-state index in [1.54, 1.807) is 0 Å². The van der Waals surface area contributed by atoms with Crippen LogP contribution in [0, 0.1) is 0 Å². The second kappa shape index (κ2) is 7.63. The molecule has 2 nitrogen and oxygen atoms in total. The quantitative estimate of drug-likeness (QED) is 0.195. The minimum Gasteiger partial charge on any atom is -0.310 e. The van der Waals surface area contributed by atoms with Crippen molar-refractivity contribution in [3.8, 4) is 11.4 Å². The molecule has 0 aliphatic carbocycles. The molecule has 0 fully saturated rings. The first-order chi connectivity index (χ1) is 20.6. The smallest absolute Gasteiger partial charge is 0.247 e. The number of nitrogens with zero attached hydrogens (tertiary/aromatic N) is 2. The topological polar surface area (TPSA) is 9.86 Å². The van der Waals surface area contributed by atoms with E-state index in [-0.39, 0.29) is 12.1 Å². The largest absolute Gasteiger partial charge is 0.310 e. The third-order valence-electron chi connectivity index (χ3n) is 10.1. The fraction of sp³-hybridized carbons (Fsp3) is 0.0769. The SMILES string of the molecule is CC1(C)c2cccc3c2B(c2ccc4c(c21)c1ccccc1n4-c1ccccc1)c1cccc2c4ccccc4n-3c12. The first-order valence-corrected chi connectivity index (χ1v) is 14.9. The molecule has 0 bridgehead atoms. The summed E-state index contributed by atoms with van der Waals surface area (Å²) in [5.74, 6) is 0. The summed E-state index contributed by atoms with van der Waals surface area (Å²) in [4.78, 5) is 0. The highest BCUT2D eigenvalue weighted by Gasteiger charge is 2.46. The van der Waals surface area contributed by atoms with Crippen molar-refractivity contribution in [2.45, 2.75) is 19.3 Å². The van der Waals surface area contributed by atoms with Crippen molar-refractivity contribution in [2.75, 3.05) is 0 Å². The van der Waals surface area contributed by atoms with Gasteiger partial charge in [0, 0.05) is 43.9 Å². The summed E-state index contributed by atoms with van der Waals surface area (Å²) >= 11 is 0. The minimum absolute atomic E-state index is 0.183. The molecular formula is C39H27BN2. The van der Waals surface area contributed by atoms with E-state index in [2.05, 4.69) is 150 Å². The van der Waals surface area contributed by atoms with Crippen molar-refractivity contribution in [2.24, 2.45) is 0 Å². The Kier molecular flexibility index (Phi) is 4.11. The highest BCUT2D eigenvalue weighted by molar-refractivity contribution is 6.99. The Labute approximate surface area is 244 Å². The van der Waals surface area contributed by atoms with Crippen molar-refractivity contribution >= 4 is 66.7 Å². The lowest BCUT2D eigenvalue weighted by Gasteiger charge is -2.42. The molecule has 196 valence electrons. The van der Waals surface area contributed by atoms with Crippen LogP contribution in [0.1, 0.15) is 25.0 Å². The molecule has 0 saturated carbocycles. The van der Waals surface area contributed by atoms with Crippen molar-refractivity contribution < 1.29 is 0 Å². The van der Waals surface area contributed by atoms with Gasteiger partial charge in [-0.2, -0.15) is 0 Å². The zero-order valence-electron chi connectivity index (χ0n) is 23.6. The Morgan fingerprint density at radius 2 is 1.21 bits per heavy atom. The molecule has 0 spiro atoms. The fourth-order valence-corrected chi connectivity index (χ4v) is 8.58. The molecule has 3 heteroatoms. The number of aromatic nitrogens is 2. The van der Waals surface area contributed by atoms with Gasteiger partial charge in [-0.1, -0.05) is 110 Å². The van der Waals surface area contributed by atoms with Gasteiger partial charge in [-0.25, -0.2) is 0 Å². The normalized spacial score (nSPS) is 14.6. The second-order valence-electron chi connectivity index (χ2n) is 12.5. The van der Waals surface area contributed by atoms with Crippen LogP contribution in [0.25, 0.3) is 55.0 Å². The molecule has 2 aliphatic heterocycles. The summed E-state index contributed by atoms with van der Waals surface area (Å²) in [7, 11) is 0. The molecule has 4 heterocycles. The molecule has 2 aliphatic rings. The zero-order valence-corrected chi connectivity index (χ0v) is 23.6. The van der Waals surface area contributed by atoms with Gasteiger partial charge >= 0.3 is 0 Å². The van der Waals surface area contributed by atoms with Gasteiger partial charge in [0.05, 0.1) is 16.6 Å². The van der Waals surface area contributed by atoms with E-state index in [0.29, 0.717) is 0 Å². The molecule has 2 aromatic heterocycles. The summed E-state index contributed by atoms with van der Waals surface area (Å²) in [6.45, 7) is 5.06. The molecule has 0 unspecified atom stereocenters. The number of hydrogen-bond acceptors (Lipinski definition) is 0. The average Bonchev–Trinajstić information content (AvgIpc) is 3.55. The second-order valence-corrected chi connectivity index (χ2v) is 12.5. The third kappa shape index (κ3) is 2.55. The maximum Gasteiger partial charge on any atom is 0.247 e. The minimum atomic E-state index is -0.184. The Morgan fingerprint density at radius 1 is 0.524 bits per heavy atom. The number of fused-ring (bicyclic) bond motifs is 11. The van der Waals surface area contributed by atoms with Gasteiger partial charge in [0.15, 0.2) is 0 Å². The molecule has 42 heavy (non-hydrogen) atoms. The van der Waals surface area contributed by atoms with Gasteiger partial charge in [0.2, 0.25) is 6.71 Å². The van der Waals surface area contributed by atoms with Crippen LogP contribution in [-0.2, 0) is 5.41 Å². The molecule has 0 radical (unpaired) electrons. The maximum atomic E-state index is 2.54. The number of hydrogen-bond donors (Lipinski definition) is 0. The van der Waals surface area contributed by atoms with Gasteiger partial charge < -0.3 is 9.13 Å². The van der Waals surface area contributed by atoms with Crippen LogP contribution in [0.5, 0.6) is 0 Å². The first-order valence-electron chi connectivity index (χ1n) is 14.9. The highest BCUT2D eigenvalue weighted by Crippen LogP contribution is 2.44. The number of benzene rings is 6. The molecule has 0 N–H and O–H groups in total. The summed E-state index contributed by atoms with van der Waals surface area (Å²) in [5, 5.41) is 5.37. The van der Waals surface area contributed by atoms with Crippen LogP contribution in [-0.4, -0.2) is 15.8 Å². The average molecular weight is 534 g/mol. The van der Waals surface area contributed by atoms with Gasteiger partial charge in [-0.3, -0.25) is 0 Å². The van der Waals surface area contributed by atoms with Gasteiger partial charge in [-0.05, 0) is 58.5 Å². The van der Waals surface area contributed by atoms with E-state index in [1.807, 2.05) is 0 Å². The Morgan fingerprint density at radius 3 is 2.05 bits per heavy atom. The van der Waals surface area contributed by atoms with E-state index in [9.17, 15) is 0 Å². The summed E-state index contributed by atoms with van der Waals surface area (Å²) in [6.07, 6.45) is 0. The molecule has 10 rings (SSSR count). The monoisotopic (exact) mass is 534 g/mol. The predicted octanol–water partition coefficient (Wildman–Crippen LogP) is 7.35. The van der Waals surface area contributed by atoms with Crippen molar-refractivity contribution in [1.82, 2.24) is 9.13 Å². The predicted molar refractivity (Wildman–Crippen MR) is 178 cm³/mol. The van der Waals surface area contributed by atoms with Crippen LogP contribution in [0.3, 0.4) is 0 Å². The highest BCUT2D eigenvalue weighted by atomic mass is 15.0. The van der Waals surface area contributed by atoms with Crippen molar-refractivity contribution in [3.05, 3.63) is 139 Å². The molecule has 0 atom stereocenters. The van der Waals surface area contributed by atoms with Gasteiger partial charge in [0.1, 0.15) is 0 Å². The number of para-hydroxylation sites is 4. The fourth-order valence-electron chi connectivity index (χ4n) is 8.58. The van der Waals surface area contributed by atoms with Crippen LogP contribution >= 0.6 is 0 Å². The van der Waals surface area contributed by atoms with E-state index in [4.69, 9.17) is 0 Å². The standard InChI is InChI=1S/C39H27BN2/c1-39(2)28-17-11-21-34-37(28)40(30-18-10-16-26-25-14-6-8-19-31(25)42(34)38(26)30)29-22-23-33-35(36(29)39)27-15-7-9-20-32(27)41(33)24-12-4-3-5-13-24/h3-23H,1-2H3. The molecular weight excluding hydrogens is 507 g/mol. The van der Waals surface area contributed by atoms with Crippen LogP contribution < -0.4 is 16.4 Å².